The molecule has 0 saturated heterocycles. The number of rotatable bonds is 5. The Morgan fingerprint density at radius 1 is 1.37 bits per heavy atom. The van der Waals surface area contributed by atoms with Gasteiger partial charge in [-0.3, -0.25) is 11.3 Å². The zero-order valence-corrected chi connectivity index (χ0v) is 11.3. The first-order chi connectivity index (χ1) is 9.22. The third-order valence-corrected chi connectivity index (χ3v) is 2.99. The molecule has 0 amide bonds. The number of hydrazine groups is 1. The zero-order valence-electron chi connectivity index (χ0n) is 10.5. The maximum Gasteiger partial charge on any atom is 0.216 e. The zero-order chi connectivity index (χ0) is 13.7. The third kappa shape index (κ3) is 3.64. The molecule has 0 spiro atoms. The van der Waals surface area contributed by atoms with E-state index in [1.807, 2.05) is 24.3 Å². The van der Waals surface area contributed by atoms with Crippen molar-refractivity contribution in [3.05, 3.63) is 52.9 Å². The minimum Gasteiger partial charge on any atom is -0.481 e. The van der Waals surface area contributed by atoms with Gasteiger partial charge in [0.15, 0.2) is 0 Å². The van der Waals surface area contributed by atoms with Crippen LogP contribution in [0.2, 0.25) is 5.02 Å². The molecule has 0 bridgehead atoms. The van der Waals surface area contributed by atoms with Crippen LogP contribution in [0, 0.1) is 0 Å². The van der Waals surface area contributed by atoms with Gasteiger partial charge in [-0.15, -0.1) is 0 Å². The Bertz CT molecular complexity index is 550. The average Bonchev–Trinajstić information content (AvgIpc) is 2.45. The number of halogens is 1. The van der Waals surface area contributed by atoms with E-state index in [-0.39, 0.29) is 6.04 Å². The highest BCUT2D eigenvalue weighted by Crippen LogP contribution is 2.20. The molecule has 0 aliphatic rings. The summed E-state index contributed by atoms with van der Waals surface area (Å²) in [5.41, 5.74) is 4.60. The van der Waals surface area contributed by atoms with Crippen molar-refractivity contribution in [3.63, 3.8) is 0 Å². The number of benzene rings is 1. The molecule has 1 atom stereocenters. The van der Waals surface area contributed by atoms with Gasteiger partial charge in [-0.1, -0.05) is 23.7 Å². The minimum absolute atomic E-state index is 0.129. The molecule has 0 fully saturated rings. The Hall–Kier alpha value is -1.69. The van der Waals surface area contributed by atoms with Crippen molar-refractivity contribution in [1.82, 2.24) is 15.4 Å². The van der Waals surface area contributed by atoms with Crippen LogP contribution in [-0.2, 0) is 6.42 Å². The fourth-order valence-corrected chi connectivity index (χ4v) is 2.02. The summed E-state index contributed by atoms with van der Waals surface area (Å²) < 4.78 is 5.08. The fourth-order valence-electron chi connectivity index (χ4n) is 1.80. The molecule has 1 aromatic heterocycles. The van der Waals surface area contributed by atoms with E-state index in [4.69, 9.17) is 22.2 Å². The number of ether oxygens (including phenoxy) is 1. The van der Waals surface area contributed by atoms with Gasteiger partial charge in [0.25, 0.3) is 0 Å². The van der Waals surface area contributed by atoms with Crippen LogP contribution >= 0.6 is 11.6 Å². The topological polar surface area (TPSA) is 73.1 Å². The van der Waals surface area contributed by atoms with Gasteiger partial charge in [0, 0.05) is 11.1 Å². The van der Waals surface area contributed by atoms with Crippen LogP contribution in [0.1, 0.15) is 17.3 Å². The summed E-state index contributed by atoms with van der Waals surface area (Å²) in [6, 6.07) is 9.28. The van der Waals surface area contributed by atoms with Crippen LogP contribution in [0.4, 0.5) is 0 Å². The number of nitrogens with two attached hydrogens (primary N) is 1. The van der Waals surface area contributed by atoms with Crippen molar-refractivity contribution in [2.45, 2.75) is 12.5 Å². The second-order valence-electron chi connectivity index (χ2n) is 4.04. The molecule has 0 saturated carbocycles. The SMILES string of the molecule is COc1cc(C(Cc2cccc(Cl)c2)NN)ncn1. The summed E-state index contributed by atoms with van der Waals surface area (Å²) >= 11 is 5.97. The molecule has 1 unspecified atom stereocenters. The predicted octanol–water partition coefficient (Wildman–Crippen LogP) is 1.89. The van der Waals surface area contributed by atoms with Crippen molar-refractivity contribution in [2.24, 2.45) is 5.84 Å². The molecule has 0 radical (unpaired) electrons. The van der Waals surface area contributed by atoms with E-state index in [1.54, 1.807) is 13.2 Å². The summed E-state index contributed by atoms with van der Waals surface area (Å²) in [5, 5.41) is 0.702. The molecule has 19 heavy (non-hydrogen) atoms. The first-order valence-electron chi connectivity index (χ1n) is 5.79. The third-order valence-electron chi connectivity index (χ3n) is 2.76. The molecule has 0 aliphatic heterocycles. The van der Waals surface area contributed by atoms with E-state index in [9.17, 15) is 0 Å². The predicted molar refractivity (Wildman–Crippen MR) is 73.8 cm³/mol. The number of methoxy groups -OCH3 is 1. The maximum absolute atomic E-state index is 5.97. The molecule has 2 aromatic rings. The standard InChI is InChI=1S/C13H15ClN4O/c1-19-13-7-11(16-8-17-13)12(18-15)6-9-3-2-4-10(14)5-9/h2-5,7-8,12,18H,6,15H2,1H3. The van der Waals surface area contributed by atoms with Gasteiger partial charge in [0.1, 0.15) is 6.33 Å². The van der Waals surface area contributed by atoms with Crippen molar-refractivity contribution in [1.29, 1.82) is 0 Å². The first-order valence-corrected chi connectivity index (χ1v) is 6.17. The molecule has 5 nitrogen and oxygen atoms in total. The summed E-state index contributed by atoms with van der Waals surface area (Å²) in [6.45, 7) is 0. The lowest BCUT2D eigenvalue weighted by molar-refractivity contribution is 0.393. The fraction of sp³-hybridized carbons (Fsp3) is 0.231. The summed E-state index contributed by atoms with van der Waals surface area (Å²) in [7, 11) is 1.56. The van der Waals surface area contributed by atoms with Gasteiger partial charge in [0.05, 0.1) is 18.8 Å². The minimum atomic E-state index is -0.129. The van der Waals surface area contributed by atoms with E-state index < -0.39 is 0 Å². The molecule has 6 heteroatoms. The van der Waals surface area contributed by atoms with Gasteiger partial charge in [-0.25, -0.2) is 9.97 Å². The van der Waals surface area contributed by atoms with Crippen LogP contribution in [0.15, 0.2) is 36.7 Å². The van der Waals surface area contributed by atoms with Crippen molar-refractivity contribution in [3.8, 4) is 5.88 Å². The van der Waals surface area contributed by atoms with Gasteiger partial charge >= 0.3 is 0 Å². The Morgan fingerprint density at radius 2 is 2.21 bits per heavy atom. The van der Waals surface area contributed by atoms with Crippen molar-refractivity contribution in [2.75, 3.05) is 7.11 Å². The molecular weight excluding hydrogens is 264 g/mol. The number of nitrogens with one attached hydrogen (secondary N) is 1. The van der Waals surface area contributed by atoms with E-state index in [2.05, 4.69) is 15.4 Å². The van der Waals surface area contributed by atoms with Crippen LogP contribution in [0.3, 0.4) is 0 Å². The monoisotopic (exact) mass is 278 g/mol. The Morgan fingerprint density at radius 3 is 2.89 bits per heavy atom. The largest absolute Gasteiger partial charge is 0.481 e. The number of hydrogen-bond acceptors (Lipinski definition) is 5. The van der Waals surface area contributed by atoms with Crippen LogP contribution < -0.4 is 16.0 Å². The Balaban J connectivity index is 2.19. The normalized spacial score (nSPS) is 12.2. The van der Waals surface area contributed by atoms with Gasteiger partial charge in [-0.2, -0.15) is 0 Å². The molecule has 1 heterocycles. The Labute approximate surface area is 116 Å². The number of aromatic nitrogens is 2. The highest BCUT2D eigenvalue weighted by atomic mass is 35.5. The highest BCUT2D eigenvalue weighted by Gasteiger charge is 2.13. The second-order valence-corrected chi connectivity index (χ2v) is 4.47. The van der Waals surface area contributed by atoms with Crippen LogP contribution in [0.5, 0.6) is 5.88 Å². The smallest absolute Gasteiger partial charge is 0.216 e. The molecule has 0 aliphatic carbocycles. The number of nitrogens with zero attached hydrogens (tertiary/aromatic N) is 2. The van der Waals surface area contributed by atoms with Crippen molar-refractivity contribution < 1.29 is 4.74 Å². The lowest BCUT2D eigenvalue weighted by Gasteiger charge is -2.15. The lowest BCUT2D eigenvalue weighted by atomic mass is 10.0. The summed E-state index contributed by atoms with van der Waals surface area (Å²) in [5.74, 6) is 6.11. The lowest BCUT2D eigenvalue weighted by Crippen LogP contribution is -2.30. The maximum atomic E-state index is 5.97. The van der Waals surface area contributed by atoms with E-state index in [1.165, 1.54) is 6.33 Å². The molecule has 2 rings (SSSR count). The van der Waals surface area contributed by atoms with E-state index >= 15 is 0 Å². The second kappa shape index (κ2) is 6.47. The first kappa shape index (κ1) is 13.7. The quantitative estimate of drug-likeness (QED) is 0.645. The van der Waals surface area contributed by atoms with E-state index in [0.29, 0.717) is 17.3 Å². The summed E-state index contributed by atoms with van der Waals surface area (Å²) in [4.78, 5) is 8.18. The van der Waals surface area contributed by atoms with Gasteiger partial charge in [0.2, 0.25) is 5.88 Å². The molecule has 1 aromatic carbocycles. The molecular formula is C13H15ClN4O. The van der Waals surface area contributed by atoms with Gasteiger partial charge < -0.3 is 4.74 Å². The highest BCUT2D eigenvalue weighted by molar-refractivity contribution is 6.30. The van der Waals surface area contributed by atoms with Gasteiger partial charge in [-0.05, 0) is 24.1 Å². The Kier molecular flexibility index (Phi) is 4.68. The van der Waals surface area contributed by atoms with Crippen LogP contribution in [-0.4, -0.2) is 17.1 Å². The average molecular weight is 279 g/mol. The van der Waals surface area contributed by atoms with Crippen LogP contribution in [0.25, 0.3) is 0 Å². The van der Waals surface area contributed by atoms with Crippen molar-refractivity contribution >= 4 is 11.6 Å². The number of hydrogen-bond donors (Lipinski definition) is 2. The van der Waals surface area contributed by atoms with E-state index in [0.717, 1.165) is 11.3 Å². The summed E-state index contributed by atoms with van der Waals surface area (Å²) in [6.07, 6.45) is 2.13. The molecule has 3 N–H and O–H groups in total. The molecule has 100 valence electrons.